The van der Waals surface area contributed by atoms with Gasteiger partial charge in [0.25, 0.3) is 0 Å². The molecule has 0 spiro atoms. The van der Waals surface area contributed by atoms with Gasteiger partial charge < -0.3 is 0 Å². The number of nitrogens with zero attached hydrogens (tertiary/aromatic N) is 1. The number of methoxy groups -OCH3 is 1. The molecule has 4 rings (SSSR count). The molecule has 0 aliphatic carbocycles. The van der Waals surface area contributed by atoms with Crippen molar-refractivity contribution in [3.8, 4) is 28.3 Å². The molecule has 1 heterocycles. The maximum absolute atomic E-state index is 5.84. The van der Waals surface area contributed by atoms with Crippen LogP contribution in [0.15, 0.2) is 89.5 Å². The molecule has 3 aromatic carbocycles. The van der Waals surface area contributed by atoms with E-state index in [2.05, 4.69) is 41.6 Å². The minimum atomic E-state index is 0.0582. The molecule has 4 aromatic rings. The summed E-state index contributed by atoms with van der Waals surface area (Å²) in [6, 6.07) is 28.5. The van der Waals surface area contributed by atoms with Crippen molar-refractivity contribution >= 4 is 23.9 Å². The van der Waals surface area contributed by atoms with Gasteiger partial charge in [0.15, 0.2) is 0 Å². The van der Waals surface area contributed by atoms with Crippen LogP contribution in [0, 0.1) is 0 Å². The van der Waals surface area contributed by atoms with Crippen LogP contribution in [0.1, 0.15) is 0 Å². The normalized spacial score (nSPS) is 10.7. The van der Waals surface area contributed by atoms with Gasteiger partial charge in [-0.25, -0.2) is 0 Å². The molecule has 0 saturated heterocycles. The van der Waals surface area contributed by atoms with Gasteiger partial charge in [0.1, 0.15) is 0 Å². The van der Waals surface area contributed by atoms with E-state index in [4.69, 9.17) is 9.26 Å². The molecular formula is C22H17NO2Se. The van der Waals surface area contributed by atoms with Crippen LogP contribution in [-0.4, -0.2) is 27.2 Å². The molecule has 1 aromatic heterocycles. The fraction of sp³-hybridized carbons (Fsp3) is 0.0455. The van der Waals surface area contributed by atoms with Crippen LogP contribution in [0.3, 0.4) is 0 Å². The Morgan fingerprint density at radius 1 is 0.808 bits per heavy atom. The van der Waals surface area contributed by atoms with E-state index >= 15 is 0 Å². The Kier molecular flexibility index (Phi) is 4.87. The van der Waals surface area contributed by atoms with Crippen molar-refractivity contribution in [1.82, 2.24) is 5.16 Å². The summed E-state index contributed by atoms with van der Waals surface area (Å²) in [5.41, 5.74) is 2.89. The fourth-order valence-electron chi connectivity index (χ4n) is 2.77. The summed E-state index contributed by atoms with van der Waals surface area (Å²) < 4.78 is 13.8. The first-order valence-corrected chi connectivity index (χ1v) is 9.99. The summed E-state index contributed by atoms with van der Waals surface area (Å²) in [5, 5.41) is 4.42. The molecule has 0 aliphatic rings. The number of aromatic nitrogens is 1. The topological polar surface area (TPSA) is 35.3 Å². The quantitative estimate of drug-likeness (QED) is 0.475. The Labute approximate surface area is 158 Å². The summed E-state index contributed by atoms with van der Waals surface area (Å²) in [5.74, 6) is 1.57. The van der Waals surface area contributed by atoms with Gasteiger partial charge in [-0.1, -0.05) is 0 Å². The molecule has 0 atom stereocenters. The standard InChI is InChI=1S/C22H17NO2Se/c1-24-19-15-9-8-14-18(19)21-22(26-17-12-6-3-7-13-17)20(23-25-21)16-10-4-2-5-11-16/h2-15H,1H3. The SMILES string of the molecule is COc1ccccc1-c1onc(-c2ccccc2)c1[Se]c1ccccc1. The van der Waals surface area contributed by atoms with Crippen LogP contribution in [0.2, 0.25) is 0 Å². The Hall–Kier alpha value is -2.81. The third-order valence-corrected chi connectivity index (χ3v) is 6.30. The monoisotopic (exact) mass is 407 g/mol. The van der Waals surface area contributed by atoms with Crippen LogP contribution < -0.4 is 13.7 Å². The van der Waals surface area contributed by atoms with E-state index in [1.807, 2.05) is 48.5 Å². The van der Waals surface area contributed by atoms with Crippen LogP contribution in [0.4, 0.5) is 0 Å². The van der Waals surface area contributed by atoms with Gasteiger partial charge in [-0.05, 0) is 0 Å². The summed E-state index contributed by atoms with van der Waals surface area (Å²) >= 11 is 0.0582. The first-order chi connectivity index (χ1) is 12.9. The molecule has 0 N–H and O–H groups in total. The van der Waals surface area contributed by atoms with E-state index in [1.165, 1.54) is 4.46 Å². The second-order valence-electron chi connectivity index (χ2n) is 5.67. The van der Waals surface area contributed by atoms with E-state index in [0.717, 1.165) is 32.8 Å². The van der Waals surface area contributed by atoms with E-state index in [1.54, 1.807) is 7.11 Å². The van der Waals surface area contributed by atoms with E-state index < -0.39 is 0 Å². The average Bonchev–Trinajstić information content (AvgIpc) is 3.12. The molecule has 0 fully saturated rings. The van der Waals surface area contributed by atoms with Crippen molar-refractivity contribution in [3.05, 3.63) is 84.9 Å². The molecule has 0 unspecified atom stereocenters. The van der Waals surface area contributed by atoms with Gasteiger partial charge >= 0.3 is 159 Å². The van der Waals surface area contributed by atoms with Crippen molar-refractivity contribution in [2.45, 2.75) is 0 Å². The average molecular weight is 406 g/mol. The second-order valence-corrected chi connectivity index (χ2v) is 7.94. The predicted molar refractivity (Wildman–Crippen MR) is 105 cm³/mol. The molecule has 0 amide bonds. The maximum atomic E-state index is 5.84. The summed E-state index contributed by atoms with van der Waals surface area (Å²) in [4.78, 5) is 0. The zero-order valence-corrected chi connectivity index (χ0v) is 16.0. The molecule has 0 aliphatic heterocycles. The summed E-state index contributed by atoms with van der Waals surface area (Å²) in [7, 11) is 1.68. The number of rotatable bonds is 5. The third kappa shape index (κ3) is 3.30. The Morgan fingerprint density at radius 2 is 1.46 bits per heavy atom. The molecule has 0 bridgehead atoms. The van der Waals surface area contributed by atoms with Gasteiger partial charge in [-0.3, -0.25) is 0 Å². The number of hydrogen-bond donors (Lipinski definition) is 0. The first-order valence-electron chi connectivity index (χ1n) is 8.28. The number of para-hydroxylation sites is 1. The Bertz CT molecular complexity index is 997. The predicted octanol–water partition coefficient (Wildman–Crippen LogP) is 3.67. The Morgan fingerprint density at radius 3 is 2.19 bits per heavy atom. The van der Waals surface area contributed by atoms with Gasteiger partial charge in [0.05, 0.1) is 0 Å². The Balaban J connectivity index is 1.88. The third-order valence-electron chi connectivity index (χ3n) is 4.01. The van der Waals surface area contributed by atoms with Crippen LogP contribution in [0.25, 0.3) is 22.6 Å². The van der Waals surface area contributed by atoms with Crippen molar-refractivity contribution in [1.29, 1.82) is 0 Å². The van der Waals surface area contributed by atoms with E-state index in [9.17, 15) is 0 Å². The van der Waals surface area contributed by atoms with Crippen molar-refractivity contribution < 1.29 is 9.26 Å². The van der Waals surface area contributed by atoms with Crippen LogP contribution in [-0.2, 0) is 0 Å². The molecule has 4 heteroatoms. The van der Waals surface area contributed by atoms with Crippen LogP contribution >= 0.6 is 0 Å². The fourth-order valence-corrected chi connectivity index (χ4v) is 4.91. The zero-order valence-electron chi connectivity index (χ0n) is 14.3. The van der Waals surface area contributed by atoms with Gasteiger partial charge in [0, 0.05) is 0 Å². The second kappa shape index (κ2) is 7.61. The van der Waals surface area contributed by atoms with Crippen molar-refractivity contribution in [2.75, 3.05) is 7.11 Å². The molecule has 0 radical (unpaired) electrons. The van der Waals surface area contributed by atoms with Crippen molar-refractivity contribution in [2.24, 2.45) is 0 Å². The number of benzene rings is 3. The minimum absolute atomic E-state index is 0.0582. The molecular weight excluding hydrogens is 389 g/mol. The van der Waals surface area contributed by atoms with Gasteiger partial charge in [0.2, 0.25) is 0 Å². The van der Waals surface area contributed by atoms with E-state index in [0.29, 0.717) is 0 Å². The summed E-state index contributed by atoms with van der Waals surface area (Å²) in [6.45, 7) is 0. The molecule has 0 saturated carbocycles. The van der Waals surface area contributed by atoms with Gasteiger partial charge in [-0.15, -0.1) is 0 Å². The number of ether oxygens (including phenoxy) is 1. The number of hydrogen-bond acceptors (Lipinski definition) is 3. The van der Waals surface area contributed by atoms with E-state index in [-0.39, 0.29) is 15.0 Å². The van der Waals surface area contributed by atoms with Gasteiger partial charge in [-0.2, -0.15) is 0 Å². The summed E-state index contributed by atoms with van der Waals surface area (Å²) in [6.07, 6.45) is 0. The van der Waals surface area contributed by atoms with Crippen LogP contribution in [0.5, 0.6) is 5.75 Å². The van der Waals surface area contributed by atoms with Crippen molar-refractivity contribution in [3.63, 3.8) is 0 Å². The molecule has 3 nitrogen and oxygen atoms in total. The zero-order chi connectivity index (χ0) is 17.8. The first kappa shape index (κ1) is 16.6. The molecule has 26 heavy (non-hydrogen) atoms. The molecule has 128 valence electrons.